The third kappa shape index (κ3) is 4.33. The van der Waals surface area contributed by atoms with Crippen molar-refractivity contribution < 1.29 is 19.1 Å². The van der Waals surface area contributed by atoms with E-state index in [-0.39, 0.29) is 30.4 Å². The highest BCUT2D eigenvalue weighted by atomic mass is 16.6. The zero-order chi connectivity index (χ0) is 14.8. The number of carbonyl (C=O) groups is 3. The summed E-state index contributed by atoms with van der Waals surface area (Å²) in [6, 6.07) is -0.670. The molecule has 0 bridgehead atoms. The van der Waals surface area contributed by atoms with E-state index in [9.17, 15) is 14.4 Å². The van der Waals surface area contributed by atoms with Gasteiger partial charge in [-0.1, -0.05) is 13.8 Å². The van der Waals surface area contributed by atoms with Crippen LogP contribution in [0.2, 0.25) is 0 Å². The number of hydrogen-bond acceptors (Lipinski definition) is 4. The number of Topliss-reactive ketones (excluding diaryl/α,β-unsaturated/α-hetero) is 1. The molecule has 0 aromatic heterocycles. The van der Waals surface area contributed by atoms with Gasteiger partial charge in [0, 0.05) is 12.8 Å². The molecule has 0 aromatic carbocycles. The van der Waals surface area contributed by atoms with Crippen LogP contribution < -0.4 is 0 Å². The van der Waals surface area contributed by atoms with Crippen LogP contribution in [0.3, 0.4) is 0 Å². The number of imide groups is 1. The van der Waals surface area contributed by atoms with Gasteiger partial charge < -0.3 is 4.74 Å². The molecule has 1 atom stereocenters. The number of piperidine rings is 1. The minimum absolute atomic E-state index is 0.0563. The SMILES string of the molecule is CC(C)CC1C(=O)CCC(=O)N1C(=O)OC(C)(C)C. The van der Waals surface area contributed by atoms with Crippen molar-refractivity contribution in [2.45, 2.75) is 65.5 Å². The second kappa shape index (κ2) is 5.72. The molecule has 0 N–H and O–H groups in total. The van der Waals surface area contributed by atoms with Gasteiger partial charge in [0.1, 0.15) is 11.6 Å². The predicted octanol–water partition coefficient (Wildman–Crippen LogP) is 2.53. The van der Waals surface area contributed by atoms with E-state index in [1.54, 1.807) is 20.8 Å². The number of ketones is 1. The molecule has 0 spiro atoms. The molecule has 1 aliphatic rings. The third-order valence-electron chi connectivity index (χ3n) is 2.82. The Bertz CT molecular complexity index is 381. The van der Waals surface area contributed by atoms with Crippen LogP contribution in [0.25, 0.3) is 0 Å². The lowest BCUT2D eigenvalue weighted by atomic mass is 9.93. The molecule has 108 valence electrons. The molecule has 1 fully saturated rings. The van der Waals surface area contributed by atoms with E-state index < -0.39 is 17.7 Å². The van der Waals surface area contributed by atoms with E-state index in [4.69, 9.17) is 4.74 Å². The van der Waals surface area contributed by atoms with Crippen LogP contribution in [-0.4, -0.2) is 34.3 Å². The Morgan fingerprint density at radius 3 is 2.37 bits per heavy atom. The smallest absolute Gasteiger partial charge is 0.417 e. The van der Waals surface area contributed by atoms with Crippen molar-refractivity contribution in [2.24, 2.45) is 5.92 Å². The van der Waals surface area contributed by atoms with Gasteiger partial charge in [-0.05, 0) is 33.1 Å². The summed E-state index contributed by atoms with van der Waals surface area (Å²) in [5.41, 5.74) is -0.680. The molecule has 0 saturated carbocycles. The van der Waals surface area contributed by atoms with E-state index >= 15 is 0 Å². The normalized spacial score (nSPS) is 20.9. The van der Waals surface area contributed by atoms with E-state index in [1.165, 1.54) is 0 Å². The van der Waals surface area contributed by atoms with Gasteiger partial charge in [0.2, 0.25) is 5.91 Å². The first-order valence-corrected chi connectivity index (χ1v) is 6.69. The maximum Gasteiger partial charge on any atom is 0.417 e. The molecular weight excluding hydrogens is 246 g/mol. The van der Waals surface area contributed by atoms with Crippen LogP contribution >= 0.6 is 0 Å². The van der Waals surface area contributed by atoms with Crippen LogP contribution in [0.5, 0.6) is 0 Å². The van der Waals surface area contributed by atoms with Crippen molar-refractivity contribution in [2.75, 3.05) is 0 Å². The molecular formula is C14H23NO4. The highest BCUT2D eigenvalue weighted by Gasteiger charge is 2.40. The lowest BCUT2D eigenvalue weighted by Crippen LogP contribution is -2.53. The van der Waals surface area contributed by atoms with Crippen molar-refractivity contribution in [3.05, 3.63) is 0 Å². The summed E-state index contributed by atoms with van der Waals surface area (Å²) >= 11 is 0. The predicted molar refractivity (Wildman–Crippen MR) is 70.6 cm³/mol. The molecule has 5 heteroatoms. The zero-order valence-electron chi connectivity index (χ0n) is 12.4. The average molecular weight is 269 g/mol. The van der Waals surface area contributed by atoms with Gasteiger partial charge in [-0.3, -0.25) is 9.59 Å². The van der Waals surface area contributed by atoms with Crippen molar-refractivity contribution in [3.8, 4) is 0 Å². The highest BCUT2D eigenvalue weighted by Crippen LogP contribution is 2.23. The summed E-state index contributed by atoms with van der Waals surface area (Å²) in [5.74, 6) is -0.150. The standard InChI is InChI=1S/C14H23NO4/c1-9(2)8-10-11(16)6-7-12(17)15(10)13(18)19-14(3,4)5/h9-10H,6-8H2,1-5H3. The molecule has 0 aromatic rings. The zero-order valence-corrected chi connectivity index (χ0v) is 12.4. The minimum Gasteiger partial charge on any atom is -0.443 e. The molecule has 19 heavy (non-hydrogen) atoms. The van der Waals surface area contributed by atoms with Crippen molar-refractivity contribution in [3.63, 3.8) is 0 Å². The first kappa shape index (κ1) is 15.7. The summed E-state index contributed by atoms with van der Waals surface area (Å²) in [6.45, 7) is 9.12. The van der Waals surface area contributed by atoms with Gasteiger partial charge in [0.25, 0.3) is 0 Å². The Hall–Kier alpha value is -1.39. The van der Waals surface area contributed by atoms with Crippen LogP contribution in [0.4, 0.5) is 4.79 Å². The molecule has 0 aliphatic carbocycles. The first-order chi connectivity index (χ1) is 8.61. The van der Waals surface area contributed by atoms with Gasteiger partial charge in [-0.25, -0.2) is 9.69 Å². The Kier molecular flexibility index (Phi) is 4.71. The van der Waals surface area contributed by atoms with Crippen LogP contribution in [-0.2, 0) is 14.3 Å². The monoisotopic (exact) mass is 269 g/mol. The number of nitrogens with zero attached hydrogens (tertiary/aromatic N) is 1. The maximum absolute atomic E-state index is 12.1. The van der Waals surface area contributed by atoms with E-state index in [0.29, 0.717) is 6.42 Å². The van der Waals surface area contributed by atoms with Gasteiger partial charge in [0.15, 0.2) is 5.78 Å². The van der Waals surface area contributed by atoms with Gasteiger partial charge in [-0.15, -0.1) is 0 Å². The number of hydrogen-bond donors (Lipinski definition) is 0. The minimum atomic E-state index is -0.712. The molecule has 1 saturated heterocycles. The van der Waals surface area contributed by atoms with E-state index in [2.05, 4.69) is 0 Å². The molecule has 0 radical (unpaired) electrons. The summed E-state index contributed by atoms with van der Waals surface area (Å²) in [7, 11) is 0. The topological polar surface area (TPSA) is 63.7 Å². The van der Waals surface area contributed by atoms with Crippen molar-refractivity contribution in [1.29, 1.82) is 0 Å². The van der Waals surface area contributed by atoms with Crippen molar-refractivity contribution in [1.82, 2.24) is 4.90 Å². The number of carbonyl (C=O) groups excluding carboxylic acids is 3. The summed E-state index contributed by atoms with van der Waals surface area (Å²) in [6.07, 6.45) is 0.0858. The molecule has 1 rings (SSSR count). The van der Waals surface area contributed by atoms with Gasteiger partial charge >= 0.3 is 6.09 Å². The molecule has 1 heterocycles. The lowest BCUT2D eigenvalue weighted by Gasteiger charge is -2.34. The highest BCUT2D eigenvalue weighted by molar-refractivity contribution is 6.03. The molecule has 2 amide bonds. The van der Waals surface area contributed by atoms with Gasteiger partial charge in [0.05, 0.1) is 0 Å². The summed E-state index contributed by atoms with van der Waals surface area (Å²) in [5, 5.41) is 0. The average Bonchev–Trinajstić information content (AvgIpc) is 2.20. The summed E-state index contributed by atoms with van der Waals surface area (Å²) < 4.78 is 5.22. The number of likely N-dealkylation sites (tertiary alicyclic amines) is 1. The maximum atomic E-state index is 12.1. The molecule has 1 unspecified atom stereocenters. The Balaban J connectivity index is 2.92. The fourth-order valence-electron chi connectivity index (χ4n) is 2.06. The van der Waals surface area contributed by atoms with Crippen LogP contribution in [0.15, 0.2) is 0 Å². The van der Waals surface area contributed by atoms with Crippen molar-refractivity contribution >= 4 is 17.8 Å². The van der Waals surface area contributed by atoms with E-state index in [0.717, 1.165) is 4.90 Å². The van der Waals surface area contributed by atoms with Gasteiger partial charge in [-0.2, -0.15) is 0 Å². The van der Waals surface area contributed by atoms with E-state index in [1.807, 2.05) is 13.8 Å². The van der Waals surface area contributed by atoms with Crippen LogP contribution in [0.1, 0.15) is 53.9 Å². The fourth-order valence-corrected chi connectivity index (χ4v) is 2.06. The Morgan fingerprint density at radius 1 is 1.32 bits per heavy atom. The third-order valence-corrected chi connectivity index (χ3v) is 2.82. The fraction of sp³-hybridized carbons (Fsp3) is 0.786. The first-order valence-electron chi connectivity index (χ1n) is 6.69. The Labute approximate surface area is 114 Å². The molecule has 1 aliphatic heterocycles. The lowest BCUT2D eigenvalue weighted by molar-refractivity contribution is -0.144. The van der Waals surface area contributed by atoms with Crippen LogP contribution in [0, 0.1) is 5.92 Å². The Morgan fingerprint density at radius 2 is 1.89 bits per heavy atom. The molecule has 5 nitrogen and oxygen atoms in total. The largest absolute Gasteiger partial charge is 0.443 e. The second-order valence-corrected chi connectivity index (χ2v) is 6.36. The number of rotatable bonds is 2. The quantitative estimate of drug-likeness (QED) is 0.772. The number of ether oxygens (including phenoxy) is 1. The second-order valence-electron chi connectivity index (χ2n) is 6.36. The summed E-state index contributed by atoms with van der Waals surface area (Å²) in [4.78, 5) is 37.0. The number of amides is 2.